The molecule has 0 bridgehead atoms. The quantitative estimate of drug-likeness (QED) is 0.847. The van der Waals surface area contributed by atoms with E-state index in [0.29, 0.717) is 11.5 Å². The lowest BCUT2D eigenvalue weighted by molar-refractivity contribution is 0.145. The molecule has 0 amide bonds. The van der Waals surface area contributed by atoms with Crippen LogP contribution in [-0.2, 0) is 0 Å². The van der Waals surface area contributed by atoms with Crippen LogP contribution in [-0.4, -0.2) is 32.1 Å². The molecule has 1 unspecified atom stereocenters. The van der Waals surface area contributed by atoms with Crippen molar-refractivity contribution in [3.05, 3.63) is 22.4 Å². The van der Waals surface area contributed by atoms with Crippen molar-refractivity contribution >= 4 is 11.3 Å². The largest absolute Gasteiger partial charge is 0.319 e. The maximum absolute atomic E-state index is 3.41. The highest BCUT2D eigenvalue weighted by molar-refractivity contribution is 7.10. The van der Waals surface area contributed by atoms with Gasteiger partial charge in [-0.3, -0.25) is 4.90 Å². The number of rotatable bonds is 6. The Bertz CT molecular complexity index is 341. The molecule has 1 N–H and O–H groups in total. The molecule has 1 aromatic rings. The predicted octanol–water partition coefficient (Wildman–Crippen LogP) is 3.52. The molecule has 0 radical (unpaired) electrons. The molecule has 1 aliphatic rings. The van der Waals surface area contributed by atoms with Crippen LogP contribution < -0.4 is 5.32 Å². The molecule has 102 valence electrons. The van der Waals surface area contributed by atoms with Crippen molar-refractivity contribution in [2.24, 2.45) is 5.41 Å². The summed E-state index contributed by atoms with van der Waals surface area (Å²) in [6.45, 7) is 4.70. The average Bonchev–Trinajstić information content (AvgIpc) is 2.99. The van der Waals surface area contributed by atoms with Crippen molar-refractivity contribution in [3.8, 4) is 0 Å². The summed E-state index contributed by atoms with van der Waals surface area (Å²) in [5.74, 6) is 0. The molecule has 1 fully saturated rings. The SMILES string of the molecule is CNCC1(CN(C)C(C)c2cccs2)CCCC1. The molecule has 18 heavy (non-hydrogen) atoms. The van der Waals surface area contributed by atoms with Gasteiger partial charge in [-0.25, -0.2) is 0 Å². The van der Waals surface area contributed by atoms with Gasteiger partial charge in [0.15, 0.2) is 0 Å². The molecule has 0 aromatic carbocycles. The summed E-state index contributed by atoms with van der Waals surface area (Å²) in [4.78, 5) is 4.02. The van der Waals surface area contributed by atoms with Gasteiger partial charge < -0.3 is 5.32 Å². The molecule has 0 saturated heterocycles. The van der Waals surface area contributed by atoms with Gasteiger partial charge in [0, 0.05) is 24.0 Å². The van der Waals surface area contributed by atoms with Crippen LogP contribution in [0.1, 0.15) is 43.5 Å². The first-order valence-electron chi connectivity index (χ1n) is 7.05. The third kappa shape index (κ3) is 3.14. The predicted molar refractivity (Wildman–Crippen MR) is 80.2 cm³/mol. The zero-order valence-corrected chi connectivity index (χ0v) is 12.7. The lowest BCUT2D eigenvalue weighted by Crippen LogP contribution is -2.41. The van der Waals surface area contributed by atoms with E-state index in [0.717, 1.165) is 6.54 Å². The van der Waals surface area contributed by atoms with E-state index in [2.05, 4.69) is 48.7 Å². The van der Waals surface area contributed by atoms with Crippen molar-refractivity contribution in [3.63, 3.8) is 0 Å². The second-order valence-electron chi connectivity index (χ2n) is 5.84. The Morgan fingerprint density at radius 3 is 2.72 bits per heavy atom. The van der Waals surface area contributed by atoms with Crippen molar-refractivity contribution in [2.75, 3.05) is 27.2 Å². The molecular weight excluding hydrogens is 240 g/mol. The van der Waals surface area contributed by atoms with E-state index >= 15 is 0 Å². The molecule has 1 atom stereocenters. The zero-order chi connectivity index (χ0) is 13.0. The molecule has 1 heterocycles. The first-order valence-corrected chi connectivity index (χ1v) is 7.93. The van der Waals surface area contributed by atoms with Crippen LogP contribution >= 0.6 is 11.3 Å². The van der Waals surface area contributed by atoms with E-state index in [9.17, 15) is 0 Å². The molecular formula is C15H26N2S. The first kappa shape index (κ1) is 14.0. The minimum absolute atomic E-state index is 0.509. The van der Waals surface area contributed by atoms with Crippen molar-refractivity contribution in [1.29, 1.82) is 0 Å². The van der Waals surface area contributed by atoms with E-state index in [1.807, 2.05) is 11.3 Å². The number of thiophene rings is 1. The number of nitrogens with one attached hydrogen (secondary N) is 1. The zero-order valence-electron chi connectivity index (χ0n) is 11.9. The first-order chi connectivity index (χ1) is 8.67. The fraction of sp³-hybridized carbons (Fsp3) is 0.733. The summed E-state index contributed by atoms with van der Waals surface area (Å²) >= 11 is 1.87. The second kappa shape index (κ2) is 6.18. The fourth-order valence-electron chi connectivity index (χ4n) is 3.30. The summed E-state index contributed by atoms with van der Waals surface area (Å²) in [6, 6.07) is 4.95. The second-order valence-corrected chi connectivity index (χ2v) is 6.82. The van der Waals surface area contributed by atoms with Gasteiger partial charge in [-0.05, 0) is 50.7 Å². The Balaban J connectivity index is 1.98. The Morgan fingerprint density at radius 2 is 2.17 bits per heavy atom. The Hall–Kier alpha value is -0.380. The van der Waals surface area contributed by atoms with Crippen LogP contribution in [0, 0.1) is 5.41 Å². The van der Waals surface area contributed by atoms with Crippen LogP contribution in [0.3, 0.4) is 0 Å². The molecule has 1 aliphatic carbocycles. The van der Waals surface area contributed by atoms with Crippen molar-refractivity contribution < 1.29 is 0 Å². The van der Waals surface area contributed by atoms with E-state index < -0.39 is 0 Å². The summed E-state index contributed by atoms with van der Waals surface area (Å²) < 4.78 is 0. The molecule has 1 saturated carbocycles. The van der Waals surface area contributed by atoms with E-state index in [-0.39, 0.29) is 0 Å². The minimum Gasteiger partial charge on any atom is -0.319 e. The fourth-order valence-corrected chi connectivity index (χ4v) is 4.15. The highest BCUT2D eigenvalue weighted by Crippen LogP contribution is 2.39. The van der Waals surface area contributed by atoms with Gasteiger partial charge in [-0.15, -0.1) is 11.3 Å². The van der Waals surface area contributed by atoms with Gasteiger partial charge >= 0.3 is 0 Å². The lowest BCUT2D eigenvalue weighted by atomic mass is 9.85. The van der Waals surface area contributed by atoms with Gasteiger partial charge in [-0.2, -0.15) is 0 Å². The number of hydrogen-bond acceptors (Lipinski definition) is 3. The van der Waals surface area contributed by atoms with Gasteiger partial charge in [0.05, 0.1) is 0 Å². The standard InChI is InChI=1S/C15H26N2S/c1-13(14-7-6-10-18-14)17(3)12-15(11-16-2)8-4-5-9-15/h6-7,10,13,16H,4-5,8-9,11-12H2,1-3H3. The summed E-state index contributed by atoms with van der Waals surface area (Å²) in [7, 11) is 4.36. The monoisotopic (exact) mass is 266 g/mol. The normalized spacial score (nSPS) is 20.4. The lowest BCUT2D eigenvalue weighted by Gasteiger charge is -2.36. The van der Waals surface area contributed by atoms with Crippen molar-refractivity contribution in [2.45, 2.75) is 38.6 Å². The summed E-state index contributed by atoms with van der Waals surface area (Å²) in [6.07, 6.45) is 5.58. The Morgan fingerprint density at radius 1 is 1.44 bits per heavy atom. The molecule has 0 aliphatic heterocycles. The highest BCUT2D eigenvalue weighted by atomic mass is 32.1. The maximum atomic E-state index is 3.41. The molecule has 1 aromatic heterocycles. The Labute approximate surface area is 115 Å². The van der Waals surface area contributed by atoms with Gasteiger partial charge in [-0.1, -0.05) is 18.9 Å². The van der Waals surface area contributed by atoms with Crippen LogP contribution in [0.4, 0.5) is 0 Å². The third-order valence-corrected chi connectivity index (χ3v) is 5.46. The highest BCUT2D eigenvalue weighted by Gasteiger charge is 2.35. The molecule has 3 heteroatoms. The molecule has 2 nitrogen and oxygen atoms in total. The number of hydrogen-bond donors (Lipinski definition) is 1. The smallest absolute Gasteiger partial charge is 0.0410 e. The molecule has 0 spiro atoms. The number of nitrogens with zero attached hydrogens (tertiary/aromatic N) is 1. The van der Waals surface area contributed by atoms with Crippen LogP contribution in [0.25, 0.3) is 0 Å². The third-order valence-electron chi connectivity index (χ3n) is 4.42. The van der Waals surface area contributed by atoms with E-state index in [4.69, 9.17) is 0 Å². The maximum Gasteiger partial charge on any atom is 0.0410 e. The topological polar surface area (TPSA) is 15.3 Å². The van der Waals surface area contributed by atoms with Crippen LogP contribution in [0.5, 0.6) is 0 Å². The molecule has 2 rings (SSSR count). The summed E-state index contributed by atoms with van der Waals surface area (Å²) in [5, 5.41) is 5.58. The Kier molecular flexibility index (Phi) is 4.82. The van der Waals surface area contributed by atoms with Gasteiger partial charge in [0.25, 0.3) is 0 Å². The van der Waals surface area contributed by atoms with Crippen LogP contribution in [0.2, 0.25) is 0 Å². The van der Waals surface area contributed by atoms with Gasteiger partial charge in [0.2, 0.25) is 0 Å². The average molecular weight is 266 g/mol. The minimum atomic E-state index is 0.509. The van der Waals surface area contributed by atoms with E-state index in [1.54, 1.807) is 0 Å². The summed E-state index contributed by atoms with van der Waals surface area (Å²) in [5.41, 5.74) is 0.509. The van der Waals surface area contributed by atoms with Crippen molar-refractivity contribution in [1.82, 2.24) is 10.2 Å². The van der Waals surface area contributed by atoms with Gasteiger partial charge in [0.1, 0.15) is 0 Å². The van der Waals surface area contributed by atoms with Crippen LogP contribution in [0.15, 0.2) is 17.5 Å². The van der Waals surface area contributed by atoms with E-state index in [1.165, 1.54) is 37.1 Å².